The Bertz CT molecular complexity index is 1140. The molecular weight excluding hydrogens is 409 g/mol. The van der Waals surface area contributed by atoms with Gasteiger partial charge in [0, 0.05) is 47.5 Å². The SMILES string of the molecule is Clc1ccc(-c2noc3ncnc(N4CCN(c5ccc(Cl)cc5)CC4)c23)cc1. The van der Waals surface area contributed by atoms with Gasteiger partial charge in [-0.25, -0.2) is 4.98 Å². The van der Waals surface area contributed by atoms with E-state index in [0.717, 1.165) is 53.7 Å². The van der Waals surface area contributed by atoms with E-state index in [1.807, 2.05) is 36.4 Å². The Morgan fingerprint density at radius 3 is 2.07 bits per heavy atom. The Hall–Kier alpha value is -2.83. The summed E-state index contributed by atoms with van der Waals surface area (Å²) < 4.78 is 5.48. The summed E-state index contributed by atoms with van der Waals surface area (Å²) in [4.78, 5) is 13.4. The molecule has 1 aliphatic heterocycles. The maximum atomic E-state index is 6.03. The van der Waals surface area contributed by atoms with E-state index >= 15 is 0 Å². The van der Waals surface area contributed by atoms with Crippen LogP contribution >= 0.6 is 23.2 Å². The molecule has 1 aliphatic rings. The van der Waals surface area contributed by atoms with E-state index in [0.29, 0.717) is 10.7 Å². The minimum atomic E-state index is 0.486. The fraction of sp³-hybridized carbons (Fsp3) is 0.190. The van der Waals surface area contributed by atoms with Crippen molar-refractivity contribution in [3.8, 4) is 11.3 Å². The first-order valence-electron chi connectivity index (χ1n) is 9.31. The highest BCUT2D eigenvalue weighted by molar-refractivity contribution is 6.30. The van der Waals surface area contributed by atoms with Crippen LogP contribution in [0.3, 0.4) is 0 Å². The molecule has 2 aromatic carbocycles. The van der Waals surface area contributed by atoms with Gasteiger partial charge in [0.25, 0.3) is 5.71 Å². The summed E-state index contributed by atoms with van der Waals surface area (Å²) in [6, 6.07) is 15.5. The monoisotopic (exact) mass is 425 g/mol. The van der Waals surface area contributed by atoms with Gasteiger partial charge in [-0.15, -0.1) is 0 Å². The van der Waals surface area contributed by atoms with Crippen LogP contribution < -0.4 is 9.80 Å². The molecule has 6 nitrogen and oxygen atoms in total. The third-order valence-corrected chi connectivity index (χ3v) is 5.65. The zero-order chi connectivity index (χ0) is 19.8. The van der Waals surface area contributed by atoms with Gasteiger partial charge in [0.15, 0.2) is 0 Å². The lowest BCUT2D eigenvalue weighted by atomic mass is 10.1. The second-order valence-electron chi connectivity index (χ2n) is 6.87. The van der Waals surface area contributed by atoms with Crippen molar-refractivity contribution in [1.29, 1.82) is 0 Å². The van der Waals surface area contributed by atoms with Crippen LogP contribution in [0, 0.1) is 0 Å². The Morgan fingerprint density at radius 1 is 0.759 bits per heavy atom. The number of hydrogen-bond donors (Lipinski definition) is 0. The second kappa shape index (κ2) is 7.54. The van der Waals surface area contributed by atoms with Crippen molar-refractivity contribution in [3.05, 3.63) is 64.9 Å². The minimum Gasteiger partial charge on any atom is -0.368 e. The number of anilines is 2. The van der Waals surface area contributed by atoms with Gasteiger partial charge in [-0.2, -0.15) is 4.98 Å². The van der Waals surface area contributed by atoms with Crippen molar-refractivity contribution >= 4 is 45.8 Å². The molecule has 0 aliphatic carbocycles. The summed E-state index contributed by atoms with van der Waals surface area (Å²) in [6.07, 6.45) is 1.53. The van der Waals surface area contributed by atoms with Gasteiger partial charge in [-0.1, -0.05) is 40.5 Å². The van der Waals surface area contributed by atoms with Gasteiger partial charge >= 0.3 is 0 Å². The lowest BCUT2D eigenvalue weighted by Crippen LogP contribution is -2.46. The van der Waals surface area contributed by atoms with Crippen LogP contribution in [-0.4, -0.2) is 41.3 Å². The van der Waals surface area contributed by atoms with Crippen molar-refractivity contribution in [1.82, 2.24) is 15.1 Å². The maximum absolute atomic E-state index is 6.03. The quantitative estimate of drug-likeness (QED) is 0.464. The van der Waals surface area contributed by atoms with E-state index in [1.54, 1.807) is 0 Å². The van der Waals surface area contributed by atoms with E-state index in [-0.39, 0.29) is 0 Å². The minimum absolute atomic E-state index is 0.486. The normalized spacial score (nSPS) is 14.6. The average Bonchev–Trinajstić information content (AvgIpc) is 3.19. The largest absolute Gasteiger partial charge is 0.368 e. The summed E-state index contributed by atoms with van der Waals surface area (Å²) in [5, 5.41) is 6.51. The smallest absolute Gasteiger partial charge is 0.263 e. The van der Waals surface area contributed by atoms with Crippen LogP contribution in [0.15, 0.2) is 59.4 Å². The van der Waals surface area contributed by atoms with Crippen LogP contribution in [0.4, 0.5) is 11.5 Å². The third kappa shape index (κ3) is 3.50. The average molecular weight is 426 g/mol. The summed E-state index contributed by atoms with van der Waals surface area (Å²) in [7, 11) is 0. The number of rotatable bonds is 3. The molecule has 4 aromatic rings. The topological polar surface area (TPSA) is 58.3 Å². The predicted octanol–water partition coefficient (Wildman–Crippen LogP) is 4.92. The molecule has 0 unspecified atom stereocenters. The molecule has 1 fully saturated rings. The maximum Gasteiger partial charge on any atom is 0.263 e. The van der Waals surface area contributed by atoms with Crippen LogP contribution in [0.2, 0.25) is 10.0 Å². The standard InChI is InChI=1S/C21H17Cl2N5O/c22-15-3-1-14(2-4-15)19-18-20(24-13-25-21(18)29-26-19)28-11-9-27(10-12-28)17-7-5-16(23)6-8-17/h1-8,13H,9-12H2. The van der Waals surface area contributed by atoms with Crippen molar-refractivity contribution in [2.24, 2.45) is 0 Å². The zero-order valence-corrected chi connectivity index (χ0v) is 16.9. The van der Waals surface area contributed by atoms with E-state index in [4.69, 9.17) is 27.7 Å². The van der Waals surface area contributed by atoms with Gasteiger partial charge in [0.05, 0.1) is 0 Å². The molecule has 0 bridgehead atoms. The van der Waals surface area contributed by atoms with Crippen molar-refractivity contribution in [3.63, 3.8) is 0 Å². The molecule has 5 rings (SSSR count). The Kier molecular flexibility index (Phi) is 4.73. The second-order valence-corrected chi connectivity index (χ2v) is 7.74. The van der Waals surface area contributed by atoms with E-state index in [9.17, 15) is 0 Å². The summed E-state index contributed by atoms with van der Waals surface area (Å²) in [5.74, 6) is 0.844. The Balaban J connectivity index is 1.44. The van der Waals surface area contributed by atoms with Crippen molar-refractivity contribution < 1.29 is 4.52 Å². The first-order valence-corrected chi connectivity index (χ1v) is 10.1. The fourth-order valence-electron chi connectivity index (χ4n) is 3.64. The lowest BCUT2D eigenvalue weighted by Gasteiger charge is -2.36. The molecule has 0 N–H and O–H groups in total. The van der Waals surface area contributed by atoms with E-state index in [1.165, 1.54) is 12.0 Å². The predicted molar refractivity (Wildman–Crippen MR) is 116 cm³/mol. The van der Waals surface area contributed by atoms with Crippen molar-refractivity contribution in [2.75, 3.05) is 36.0 Å². The van der Waals surface area contributed by atoms with Gasteiger partial charge in [0.2, 0.25) is 0 Å². The van der Waals surface area contributed by atoms with Gasteiger partial charge < -0.3 is 14.3 Å². The number of halogens is 2. The Labute approximate surface area is 177 Å². The van der Waals surface area contributed by atoms with Crippen molar-refractivity contribution in [2.45, 2.75) is 0 Å². The molecule has 0 atom stereocenters. The molecule has 2 aromatic heterocycles. The number of benzene rings is 2. The molecular formula is C21H17Cl2N5O. The van der Waals surface area contributed by atoms with Gasteiger partial charge in [0.1, 0.15) is 23.2 Å². The molecule has 0 saturated carbocycles. The molecule has 0 amide bonds. The summed E-state index contributed by atoms with van der Waals surface area (Å²) >= 11 is 12.0. The third-order valence-electron chi connectivity index (χ3n) is 5.14. The van der Waals surface area contributed by atoms with Crippen LogP contribution in [0.25, 0.3) is 22.4 Å². The zero-order valence-electron chi connectivity index (χ0n) is 15.4. The highest BCUT2D eigenvalue weighted by Crippen LogP contribution is 2.34. The fourth-order valence-corrected chi connectivity index (χ4v) is 3.90. The first kappa shape index (κ1) is 18.2. The number of fused-ring (bicyclic) bond motifs is 1. The molecule has 8 heteroatoms. The summed E-state index contributed by atoms with van der Waals surface area (Å²) in [6.45, 7) is 3.43. The number of nitrogens with zero attached hydrogens (tertiary/aromatic N) is 5. The highest BCUT2D eigenvalue weighted by Gasteiger charge is 2.24. The van der Waals surface area contributed by atoms with Gasteiger partial charge in [-0.05, 0) is 36.4 Å². The molecule has 0 spiro atoms. The number of piperazine rings is 1. The number of hydrogen-bond acceptors (Lipinski definition) is 6. The Morgan fingerprint density at radius 2 is 1.38 bits per heavy atom. The van der Waals surface area contributed by atoms with Crippen LogP contribution in [-0.2, 0) is 0 Å². The lowest BCUT2D eigenvalue weighted by molar-refractivity contribution is 0.451. The molecule has 3 heterocycles. The highest BCUT2D eigenvalue weighted by atomic mass is 35.5. The first-order chi connectivity index (χ1) is 14.2. The molecule has 29 heavy (non-hydrogen) atoms. The molecule has 146 valence electrons. The van der Waals surface area contributed by atoms with E-state index in [2.05, 4.69) is 37.1 Å². The number of aromatic nitrogens is 3. The molecule has 0 radical (unpaired) electrons. The van der Waals surface area contributed by atoms with Crippen LogP contribution in [0.5, 0.6) is 0 Å². The summed E-state index contributed by atoms with van der Waals surface area (Å²) in [5.41, 5.74) is 3.31. The van der Waals surface area contributed by atoms with E-state index < -0.39 is 0 Å². The van der Waals surface area contributed by atoms with Crippen LogP contribution in [0.1, 0.15) is 0 Å². The van der Waals surface area contributed by atoms with Gasteiger partial charge in [-0.3, -0.25) is 0 Å². The molecule has 1 saturated heterocycles.